The third-order valence-electron chi connectivity index (χ3n) is 2.67. The van der Waals surface area contributed by atoms with Crippen LogP contribution in [0.4, 0.5) is 4.39 Å². The van der Waals surface area contributed by atoms with Gasteiger partial charge in [0.2, 0.25) is 0 Å². The number of hydrogen-bond donors (Lipinski definition) is 1. The minimum Gasteiger partial charge on any atom is -0.246 e. The zero-order valence-electron chi connectivity index (χ0n) is 8.49. The third-order valence-corrected chi connectivity index (χ3v) is 2.67. The molecule has 3 aromatic rings. The molecule has 0 unspecified atom stereocenters. The molecule has 0 fully saturated rings. The Bertz CT molecular complexity index is 757. The Kier molecular flexibility index (Phi) is 1.65. The first-order valence-electron chi connectivity index (χ1n) is 4.83. The summed E-state index contributed by atoms with van der Waals surface area (Å²) in [6, 6.07) is 6.18. The first kappa shape index (κ1) is 9.08. The largest absolute Gasteiger partial charge is 0.348 e. The minimum atomic E-state index is -0.368. The Morgan fingerprint density at radius 3 is 3.00 bits per heavy atom. The van der Waals surface area contributed by atoms with E-state index in [1.165, 1.54) is 16.5 Å². The summed E-state index contributed by atoms with van der Waals surface area (Å²) < 4.78 is 14.6. The lowest BCUT2D eigenvalue weighted by Crippen LogP contribution is -2.10. The molecule has 2 heterocycles. The maximum Gasteiger partial charge on any atom is 0.348 e. The average Bonchev–Trinajstić information content (AvgIpc) is 2.60. The highest BCUT2D eigenvalue weighted by molar-refractivity contribution is 5.85. The Morgan fingerprint density at radius 1 is 1.38 bits per heavy atom. The van der Waals surface area contributed by atoms with Crippen LogP contribution in [0.1, 0.15) is 5.56 Å². The molecular formula is C11H8FN3O. The maximum absolute atomic E-state index is 13.2. The van der Waals surface area contributed by atoms with Crippen LogP contribution in [-0.4, -0.2) is 14.6 Å². The molecule has 4 nitrogen and oxygen atoms in total. The Labute approximate surface area is 89.3 Å². The Balaban J connectivity index is 2.70. The number of halogens is 1. The zero-order chi connectivity index (χ0) is 11.3. The van der Waals surface area contributed by atoms with Crippen molar-refractivity contribution in [1.82, 2.24) is 14.6 Å². The standard InChI is InChI=1S/C11H8FN3O/c1-6-4-10-13-14-11(16)15(10)9-5-7(12)2-3-8(6)9/h2-5H,1H3,(H,14,16). The molecule has 16 heavy (non-hydrogen) atoms. The average molecular weight is 217 g/mol. The van der Waals surface area contributed by atoms with Crippen LogP contribution in [0.3, 0.4) is 0 Å². The summed E-state index contributed by atoms with van der Waals surface area (Å²) in [4.78, 5) is 11.5. The molecule has 5 heteroatoms. The van der Waals surface area contributed by atoms with E-state index in [1.807, 2.05) is 6.92 Å². The van der Waals surface area contributed by atoms with Crippen LogP contribution in [0, 0.1) is 12.7 Å². The zero-order valence-corrected chi connectivity index (χ0v) is 8.49. The number of aryl methyl sites for hydroxylation is 1. The van der Waals surface area contributed by atoms with E-state index >= 15 is 0 Å². The van der Waals surface area contributed by atoms with Gasteiger partial charge in [-0.15, -0.1) is 0 Å². The predicted octanol–water partition coefficient (Wildman–Crippen LogP) is 1.62. The fourth-order valence-electron chi connectivity index (χ4n) is 1.93. The molecule has 0 atom stereocenters. The first-order chi connectivity index (χ1) is 7.66. The van der Waals surface area contributed by atoms with Crippen LogP contribution in [0.15, 0.2) is 29.1 Å². The van der Waals surface area contributed by atoms with Crippen molar-refractivity contribution < 1.29 is 4.39 Å². The molecule has 2 aromatic heterocycles. The van der Waals surface area contributed by atoms with Gasteiger partial charge in [-0.2, -0.15) is 5.10 Å². The van der Waals surface area contributed by atoms with Crippen LogP contribution in [0.5, 0.6) is 0 Å². The molecule has 80 valence electrons. The van der Waals surface area contributed by atoms with Crippen LogP contribution in [0.25, 0.3) is 16.6 Å². The van der Waals surface area contributed by atoms with Gasteiger partial charge in [0.05, 0.1) is 5.52 Å². The van der Waals surface area contributed by atoms with Crippen molar-refractivity contribution in [1.29, 1.82) is 0 Å². The maximum atomic E-state index is 13.2. The number of benzene rings is 1. The highest BCUT2D eigenvalue weighted by Gasteiger charge is 2.08. The van der Waals surface area contributed by atoms with Gasteiger partial charge in [0.15, 0.2) is 5.65 Å². The van der Waals surface area contributed by atoms with E-state index in [2.05, 4.69) is 10.2 Å². The lowest BCUT2D eigenvalue weighted by Gasteiger charge is -2.03. The lowest BCUT2D eigenvalue weighted by atomic mass is 10.1. The molecule has 0 radical (unpaired) electrons. The second-order valence-electron chi connectivity index (χ2n) is 3.71. The number of hydrogen-bond acceptors (Lipinski definition) is 2. The smallest absolute Gasteiger partial charge is 0.246 e. The van der Waals surface area contributed by atoms with Crippen molar-refractivity contribution in [3.05, 3.63) is 46.1 Å². The van der Waals surface area contributed by atoms with Crippen molar-refractivity contribution in [2.45, 2.75) is 6.92 Å². The van der Waals surface area contributed by atoms with Gasteiger partial charge in [0.25, 0.3) is 0 Å². The van der Waals surface area contributed by atoms with E-state index in [0.29, 0.717) is 11.2 Å². The summed E-state index contributed by atoms with van der Waals surface area (Å²) in [5, 5.41) is 7.06. The van der Waals surface area contributed by atoms with Crippen LogP contribution < -0.4 is 5.69 Å². The number of nitrogens with zero attached hydrogens (tertiary/aromatic N) is 2. The quantitative estimate of drug-likeness (QED) is 0.622. The highest BCUT2D eigenvalue weighted by Crippen LogP contribution is 2.19. The van der Waals surface area contributed by atoms with E-state index in [-0.39, 0.29) is 11.5 Å². The molecule has 0 amide bonds. The van der Waals surface area contributed by atoms with Gasteiger partial charge in [-0.25, -0.2) is 18.7 Å². The van der Waals surface area contributed by atoms with Gasteiger partial charge >= 0.3 is 5.69 Å². The molecule has 0 bridgehead atoms. The summed E-state index contributed by atoms with van der Waals surface area (Å²) in [6.07, 6.45) is 0. The Hall–Kier alpha value is -2.17. The number of aromatic amines is 1. The van der Waals surface area contributed by atoms with Crippen LogP contribution >= 0.6 is 0 Å². The summed E-state index contributed by atoms with van der Waals surface area (Å²) in [5.74, 6) is -0.368. The van der Waals surface area contributed by atoms with E-state index < -0.39 is 0 Å². The number of pyridine rings is 1. The number of H-pyrrole nitrogens is 1. The summed E-state index contributed by atoms with van der Waals surface area (Å²) in [5.41, 5.74) is 1.64. The van der Waals surface area contributed by atoms with Gasteiger partial charge < -0.3 is 0 Å². The molecule has 1 N–H and O–H groups in total. The summed E-state index contributed by atoms with van der Waals surface area (Å²) >= 11 is 0. The van der Waals surface area contributed by atoms with E-state index in [0.717, 1.165) is 10.9 Å². The van der Waals surface area contributed by atoms with Gasteiger partial charge in [-0.3, -0.25) is 0 Å². The van der Waals surface area contributed by atoms with E-state index in [1.54, 1.807) is 12.1 Å². The SMILES string of the molecule is Cc1cc2n[nH]c(=O)n2c2cc(F)ccc12. The number of nitrogens with one attached hydrogen (secondary N) is 1. The second-order valence-corrected chi connectivity index (χ2v) is 3.71. The lowest BCUT2D eigenvalue weighted by molar-refractivity contribution is 0.629. The summed E-state index contributed by atoms with van der Waals surface area (Å²) in [6.45, 7) is 1.90. The molecular weight excluding hydrogens is 209 g/mol. The Morgan fingerprint density at radius 2 is 2.19 bits per heavy atom. The van der Waals surface area contributed by atoms with Gasteiger partial charge in [-0.1, -0.05) is 0 Å². The molecule has 0 saturated heterocycles. The van der Waals surface area contributed by atoms with Gasteiger partial charge in [0, 0.05) is 5.39 Å². The molecule has 3 rings (SSSR count). The van der Waals surface area contributed by atoms with Crippen LogP contribution in [-0.2, 0) is 0 Å². The number of rotatable bonds is 0. The highest BCUT2D eigenvalue weighted by atomic mass is 19.1. The fraction of sp³-hybridized carbons (Fsp3) is 0.0909. The molecule has 0 aliphatic carbocycles. The number of fused-ring (bicyclic) bond motifs is 3. The van der Waals surface area contributed by atoms with Crippen molar-refractivity contribution >= 4 is 16.6 Å². The normalized spacial score (nSPS) is 11.4. The van der Waals surface area contributed by atoms with Gasteiger partial charge in [0.1, 0.15) is 5.82 Å². The monoisotopic (exact) mass is 217 g/mol. The first-order valence-corrected chi connectivity index (χ1v) is 4.83. The molecule has 0 spiro atoms. The third kappa shape index (κ3) is 1.08. The second kappa shape index (κ2) is 2.91. The topological polar surface area (TPSA) is 50.2 Å². The molecule has 0 saturated carbocycles. The molecule has 1 aromatic carbocycles. The molecule has 0 aliphatic heterocycles. The van der Waals surface area contributed by atoms with Crippen molar-refractivity contribution in [2.24, 2.45) is 0 Å². The van der Waals surface area contributed by atoms with Crippen molar-refractivity contribution in [2.75, 3.05) is 0 Å². The predicted molar refractivity (Wildman–Crippen MR) is 58.0 cm³/mol. The van der Waals surface area contributed by atoms with E-state index in [4.69, 9.17) is 0 Å². The van der Waals surface area contributed by atoms with Crippen molar-refractivity contribution in [3.63, 3.8) is 0 Å². The minimum absolute atomic E-state index is 0.356. The van der Waals surface area contributed by atoms with Gasteiger partial charge in [-0.05, 0) is 36.8 Å². The van der Waals surface area contributed by atoms with Crippen LogP contribution in [0.2, 0.25) is 0 Å². The number of aromatic nitrogens is 3. The summed E-state index contributed by atoms with van der Waals surface area (Å²) in [7, 11) is 0. The molecule has 0 aliphatic rings. The van der Waals surface area contributed by atoms with E-state index in [9.17, 15) is 9.18 Å². The fourth-order valence-corrected chi connectivity index (χ4v) is 1.93. The van der Waals surface area contributed by atoms with Crippen molar-refractivity contribution in [3.8, 4) is 0 Å².